The average Bonchev–Trinajstić information content (AvgIpc) is 3.41. The van der Waals surface area contributed by atoms with Crippen LogP contribution in [0.4, 0.5) is 4.79 Å². The number of carbonyl (C=O) groups is 2. The fourth-order valence-corrected chi connectivity index (χ4v) is 4.47. The van der Waals surface area contributed by atoms with E-state index in [1.165, 1.54) is 0 Å². The Labute approximate surface area is 202 Å². The highest BCUT2D eigenvalue weighted by Gasteiger charge is 2.20. The summed E-state index contributed by atoms with van der Waals surface area (Å²) in [5, 5.41) is 13.2. The smallest absolute Gasteiger partial charge is 0.306 e. The second kappa shape index (κ2) is 10.8. The summed E-state index contributed by atoms with van der Waals surface area (Å²) in [6.45, 7) is 3.24. The molecule has 0 spiro atoms. The molecule has 7 heteroatoms. The Balaban J connectivity index is 1.39. The first-order valence-corrected chi connectivity index (χ1v) is 11.8. The van der Waals surface area contributed by atoms with Gasteiger partial charge in [0.05, 0.1) is 0 Å². The van der Waals surface area contributed by atoms with Gasteiger partial charge in [-0.1, -0.05) is 53.3 Å². The van der Waals surface area contributed by atoms with Gasteiger partial charge in [-0.25, -0.2) is 4.79 Å². The molecule has 6 nitrogen and oxygen atoms in total. The van der Waals surface area contributed by atoms with Gasteiger partial charge in [0, 0.05) is 39.6 Å². The van der Waals surface area contributed by atoms with E-state index in [4.69, 9.17) is 4.84 Å². The Morgan fingerprint density at radius 1 is 0.912 bits per heavy atom. The zero-order chi connectivity index (χ0) is 23.9. The van der Waals surface area contributed by atoms with Gasteiger partial charge in [0.2, 0.25) is 0 Å². The number of ketones is 1. The standard InChI is InChI=1S/C27H23N3O3S/c1-19-6-2-3-7-24(19)26(31)21-10-14-23(15-11-21)34-22-12-8-20(9-13-22)25(18-28)29-33-27(32)30-16-4-5-17-30/h2-3,6-15H,4-5,16-17H2,1H3/b29-25+. The van der Waals surface area contributed by atoms with Crippen LogP contribution in [0.3, 0.4) is 0 Å². The van der Waals surface area contributed by atoms with E-state index in [2.05, 4.69) is 5.16 Å². The van der Waals surface area contributed by atoms with Gasteiger partial charge in [0.15, 0.2) is 11.5 Å². The van der Waals surface area contributed by atoms with Crippen molar-refractivity contribution in [1.82, 2.24) is 4.90 Å². The van der Waals surface area contributed by atoms with Gasteiger partial charge >= 0.3 is 6.09 Å². The monoisotopic (exact) mass is 469 g/mol. The van der Waals surface area contributed by atoms with E-state index in [1.807, 2.05) is 73.7 Å². The molecule has 0 aliphatic carbocycles. The number of hydrogen-bond acceptors (Lipinski definition) is 6. The average molecular weight is 470 g/mol. The van der Waals surface area contributed by atoms with Gasteiger partial charge in [-0.2, -0.15) is 5.26 Å². The molecule has 1 saturated heterocycles. The molecule has 34 heavy (non-hydrogen) atoms. The summed E-state index contributed by atoms with van der Waals surface area (Å²) in [5.74, 6) is 0.00718. The highest BCUT2D eigenvalue weighted by atomic mass is 32.2. The quantitative estimate of drug-likeness (QED) is 0.196. The van der Waals surface area contributed by atoms with Crippen molar-refractivity contribution in [3.8, 4) is 6.07 Å². The van der Waals surface area contributed by atoms with Crippen LogP contribution < -0.4 is 0 Å². The number of likely N-dealkylation sites (tertiary alicyclic amines) is 1. The molecule has 0 atom stereocenters. The molecular weight excluding hydrogens is 446 g/mol. The molecule has 0 N–H and O–H groups in total. The lowest BCUT2D eigenvalue weighted by Gasteiger charge is -2.11. The molecule has 0 aromatic heterocycles. The van der Waals surface area contributed by atoms with Gasteiger partial charge in [0.25, 0.3) is 0 Å². The highest BCUT2D eigenvalue weighted by molar-refractivity contribution is 7.99. The number of rotatable bonds is 6. The van der Waals surface area contributed by atoms with Crippen molar-refractivity contribution in [3.63, 3.8) is 0 Å². The third-order valence-corrected chi connectivity index (χ3v) is 6.57. The van der Waals surface area contributed by atoms with Crippen molar-refractivity contribution in [3.05, 3.63) is 95.1 Å². The van der Waals surface area contributed by atoms with Crippen LogP contribution in [-0.2, 0) is 4.84 Å². The number of aryl methyl sites for hydroxylation is 1. The summed E-state index contributed by atoms with van der Waals surface area (Å²) in [4.78, 5) is 33.2. The molecule has 3 aromatic carbocycles. The third kappa shape index (κ3) is 5.53. The van der Waals surface area contributed by atoms with Crippen LogP contribution in [-0.4, -0.2) is 35.6 Å². The van der Waals surface area contributed by atoms with Crippen LogP contribution >= 0.6 is 11.8 Å². The second-order valence-corrected chi connectivity index (χ2v) is 9.04. The Morgan fingerprint density at radius 2 is 1.50 bits per heavy atom. The summed E-state index contributed by atoms with van der Waals surface area (Å²) in [6.07, 6.45) is 1.38. The Morgan fingerprint density at radius 3 is 2.09 bits per heavy atom. The summed E-state index contributed by atoms with van der Waals surface area (Å²) >= 11 is 1.54. The van der Waals surface area contributed by atoms with Crippen molar-refractivity contribution >= 4 is 29.4 Å². The lowest BCUT2D eigenvalue weighted by Crippen LogP contribution is -2.27. The predicted molar refractivity (Wildman–Crippen MR) is 131 cm³/mol. The fourth-order valence-electron chi connectivity index (χ4n) is 3.65. The zero-order valence-electron chi connectivity index (χ0n) is 18.7. The molecule has 0 unspecified atom stereocenters. The van der Waals surface area contributed by atoms with Gasteiger partial charge in [-0.15, -0.1) is 0 Å². The predicted octanol–water partition coefficient (Wildman–Crippen LogP) is 5.84. The lowest BCUT2D eigenvalue weighted by molar-refractivity contribution is 0.103. The van der Waals surface area contributed by atoms with Gasteiger partial charge in [0.1, 0.15) is 6.07 Å². The Kier molecular flexibility index (Phi) is 7.41. The molecule has 0 saturated carbocycles. The summed E-state index contributed by atoms with van der Waals surface area (Å²) in [6, 6.07) is 24.3. The number of oxime groups is 1. The van der Waals surface area contributed by atoms with E-state index >= 15 is 0 Å². The molecule has 1 aliphatic rings. The SMILES string of the molecule is Cc1ccccc1C(=O)c1ccc(Sc2ccc(/C(C#N)=N/OC(=O)N3CCCC3)cc2)cc1. The van der Waals surface area contributed by atoms with Crippen LogP contribution in [0.5, 0.6) is 0 Å². The first-order chi connectivity index (χ1) is 16.5. The summed E-state index contributed by atoms with van der Waals surface area (Å²) < 4.78 is 0. The van der Waals surface area contributed by atoms with Gasteiger partial charge in [-0.05, 0) is 61.7 Å². The minimum absolute atomic E-state index is 0.00718. The third-order valence-electron chi connectivity index (χ3n) is 5.55. The molecule has 0 bridgehead atoms. The van der Waals surface area contributed by atoms with E-state index in [9.17, 15) is 14.9 Å². The first-order valence-electron chi connectivity index (χ1n) is 11.0. The lowest BCUT2D eigenvalue weighted by atomic mass is 9.99. The van der Waals surface area contributed by atoms with Crippen LogP contribution in [0, 0.1) is 18.3 Å². The molecule has 3 aromatic rings. The number of hydrogen-bond donors (Lipinski definition) is 0. The molecule has 4 rings (SSSR count). The van der Waals surface area contributed by atoms with E-state index in [0.29, 0.717) is 29.8 Å². The minimum Gasteiger partial charge on any atom is -0.306 e. The van der Waals surface area contributed by atoms with Crippen LogP contribution in [0.1, 0.15) is 39.9 Å². The number of carbonyl (C=O) groups excluding carboxylic acids is 2. The van der Waals surface area contributed by atoms with Crippen LogP contribution in [0.2, 0.25) is 0 Å². The van der Waals surface area contributed by atoms with Gasteiger partial charge < -0.3 is 4.90 Å². The van der Waals surface area contributed by atoms with Crippen LogP contribution in [0.25, 0.3) is 0 Å². The van der Waals surface area contributed by atoms with Crippen molar-refractivity contribution in [2.45, 2.75) is 29.6 Å². The molecule has 170 valence electrons. The maximum atomic E-state index is 12.8. The molecule has 0 radical (unpaired) electrons. The Hall–Kier alpha value is -3.89. The molecular formula is C27H23N3O3S. The largest absolute Gasteiger partial charge is 0.436 e. The number of benzene rings is 3. The first kappa shape index (κ1) is 23.3. The Bertz CT molecular complexity index is 1260. The molecule has 1 aliphatic heterocycles. The topological polar surface area (TPSA) is 82.8 Å². The molecule has 1 heterocycles. The second-order valence-electron chi connectivity index (χ2n) is 7.90. The maximum absolute atomic E-state index is 12.8. The minimum atomic E-state index is -0.526. The van der Waals surface area contributed by atoms with Crippen LogP contribution in [0.15, 0.2) is 87.7 Å². The maximum Gasteiger partial charge on any atom is 0.436 e. The van der Waals surface area contributed by atoms with E-state index in [0.717, 1.165) is 28.2 Å². The number of nitrogens with zero attached hydrogens (tertiary/aromatic N) is 3. The zero-order valence-corrected chi connectivity index (χ0v) is 19.5. The van der Waals surface area contributed by atoms with E-state index in [-0.39, 0.29) is 11.5 Å². The molecule has 1 amide bonds. The van der Waals surface area contributed by atoms with E-state index < -0.39 is 6.09 Å². The molecule has 1 fully saturated rings. The fraction of sp³-hybridized carbons (Fsp3) is 0.185. The van der Waals surface area contributed by atoms with Gasteiger partial charge in [-0.3, -0.25) is 9.63 Å². The van der Waals surface area contributed by atoms with Crippen molar-refractivity contribution in [2.75, 3.05) is 13.1 Å². The van der Waals surface area contributed by atoms with Crippen molar-refractivity contribution in [2.24, 2.45) is 5.16 Å². The summed E-state index contributed by atoms with van der Waals surface area (Å²) in [5.41, 5.74) is 2.92. The number of amides is 1. The highest BCUT2D eigenvalue weighted by Crippen LogP contribution is 2.28. The van der Waals surface area contributed by atoms with Crippen molar-refractivity contribution < 1.29 is 14.4 Å². The number of nitriles is 1. The normalized spacial score (nSPS) is 13.4. The van der Waals surface area contributed by atoms with E-state index in [1.54, 1.807) is 28.8 Å². The summed E-state index contributed by atoms with van der Waals surface area (Å²) in [7, 11) is 0. The van der Waals surface area contributed by atoms with Crippen molar-refractivity contribution in [1.29, 1.82) is 5.26 Å².